The molecule has 0 radical (unpaired) electrons. The topological polar surface area (TPSA) is 120 Å². The minimum absolute atomic E-state index is 0.0232. The van der Waals surface area contributed by atoms with Gasteiger partial charge in [0.15, 0.2) is 0 Å². The molecule has 2 saturated carbocycles. The molecule has 0 unspecified atom stereocenters. The molecule has 4 rings (SSSR count). The van der Waals surface area contributed by atoms with E-state index >= 15 is 0 Å². The summed E-state index contributed by atoms with van der Waals surface area (Å²) in [6.07, 6.45) is 7.63. The van der Waals surface area contributed by atoms with Gasteiger partial charge in [-0.1, -0.05) is 12.1 Å². The third-order valence-corrected chi connectivity index (χ3v) is 6.59. The van der Waals surface area contributed by atoms with Crippen molar-refractivity contribution in [3.63, 3.8) is 0 Å². The van der Waals surface area contributed by atoms with Gasteiger partial charge in [-0.05, 0) is 62.5 Å². The van der Waals surface area contributed by atoms with E-state index in [1.165, 1.54) is 18.9 Å². The standard InChI is InChI=1S/C22H32BN3O5/c27-20(12-14-4-6-16(7-5-14)24-10-11-25-17-8-9-17)26-19-13-15-2-1-3-18(22(28)29)21(15)31-23(19)30/h1-3,14,16-17,19,24-25,30H,4-13H2,(H,26,27)(H,28,29)/t14?,16?,19-/m0/s1. The second-order valence-electron chi connectivity index (χ2n) is 9.09. The molecule has 1 aliphatic heterocycles. The largest absolute Gasteiger partial charge is 0.547 e. The molecule has 1 aromatic carbocycles. The minimum atomic E-state index is -1.26. The highest BCUT2D eigenvalue weighted by Crippen LogP contribution is 2.31. The zero-order valence-corrected chi connectivity index (χ0v) is 17.8. The molecule has 1 atom stereocenters. The molecule has 1 heterocycles. The summed E-state index contributed by atoms with van der Waals surface area (Å²) in [5.41, 5.74) is 0.702. The number of carboxylic acids is 1. The Balaban J connectivity index is 1.19. The Bertz CT molecular complexity index is 795. The van der Waals surface area contributed by atoms with Crippen molar-refractivity contribution in [2.45, 2.75) is 69.4 Å². The van der Waals surface area contributed by atoms with E-state index in [0.717, 1.165) is 44.8 Å². The highest BCUT2D eigenvalue weighted by Gasteiger charge is 2.38. The number of hydrogen-bond donors (Lipinski definition) is 5. The number of fused-ring (bicyclic) bond motifs is 1. The zero-order chi connectivity index (χ0) is 21.8. The van der Waals surface area contributed by atoms with E-state index < -0.39 is 19.0 Å². The Hall–Kier alpha value is -2.10. The average molecular weight is 429 g/mol. The molecule has 2 aliphatic carbocycles. The van der Waals surface area contributed by atoms with Crippen LogP contribution in [0.1, 0.15) is 60.9 Å². The summed E-state index contributed by atoms with van der Waals surface area (Å²) >= 11 is 0. The van der Waals surface area contributed by atoms with Gasteiger partial charge in [0.2, 0.25) is 5.91 Å². The lowest BCUT2D eigenvalue weighted by atomic mass is 9.72. The van der Waals surface area contributed by atoms with E-state index in [1.54, 1.807) is 12.1 Å². The van der Waals surface area contributed by atoms with Gasteiger partial charge in [-0.2, -0.15) is 0 Å². The number of amides is 1. The average Bonchev–Trinajstić information content (AvgIpc) is 3.57. The van der Waals surface area contributed by atoms with Crippen LogP contribution in [0.15, 0.2) is 18.2 Å². The predicted molar refractivity (Wildman–Crippen MR) is 117 cm³/mol. The van der Waals surface area contributed by atoms with E-state index in [-0.39, 0.29) is 17.2 Å². The SMILES string of the molecule is O=C(CC1CCC(NCCNC2CC2)CC1)N[C@H]1Cc2cccc(C(=O)O)c2OB1O. The second-order valence-corrected chi connectivity index (χ2v) is 9.09. The maximum absolute atomic E-state index is 12.6. The van der Waals surface area contributed by atoms with Crippen LogP contribution in [0.25, 0.3) is 0 Å². The molecule has 1 aromatic rings. The van der Waals surface area contributed by atoms with Crippen LogP contribution in [0, 0.1) is 5.92 Å². The molecule has 0 spiro atoms. The quantitative estimate of drug-likeness (QED) is 0.295. The van der Waals surface area contributed by atoms with Gasteiger partial charge >= 0.3 is 13.1 Å². The van der Waals surface area contributed by atoms with Gasteiger partial charge in [0.1, 0.15) is 5.75 Å². The first-order valence-electron chi connectivity index (χ1n) is 11.5. The molecule has 3 aliphatic rings. The Morgan fingerprint density at radius 1 is 1.03 bits per heavy atom. The molecule has 168 valence electrons. The number of nitrogens with one attached hydrogen (secondary N) is 3. The molecule has 8 nitrogen and oxygen atoms in total. The van der Waals surface area contributed by atoms with E-state index in [0.29, 0.717) is 30.4 Å². The van der Waals surface area contributed by atoms with Crippen molar-refractivity contribution in [2.24, 2.45) is 5.92 Å². The van der Waals surface area contributed by atoms with Crippen LogP contribution >= 0.6 is 0 Å². The van der Waals surface area contributed by atoms with Crippen molar-refractivity contribution < 1.29 is 24.4 Å². The predicted octanol–water partition coefficient (Wildman–Crippen LogP) is 1.11. The van der Waals surface area contributed by atoms with Gasteiger partial charge in [0.25, 0.3) is 0 Å². The van der Waals surface area contributed by atoms with E-state index in [4.69, 9.17) is 4.65 Å². The highest BCUT2D eigenvalue weighted by molar-refractivity contribution is 6.47. The lowest BCUT2D eigenvalue weighted by Gasteiger charge is -2.31. The third-order valence-electron chi connectivity index (χ3n) is 6.59. The fourth-order valence-corrected chi connectivity index (χ4v) is 4.65. The summed E-state index contributed by atoms with van der Waals surface area (Å²) in [6.45, 7) is 2.02. The van der Waals surface area contributed by atoms with Crippen LogP contribution < -0.4 is 20.6 Å². The van der Waals surface area contributed by atoms with Crippen LogP contribution in [-0.2, 0) is 11.2 Å². The van der Waals surface area contributed by atoms with Gasteiger partial charge in [-0.3, -0.25) is 4.79 Å². The van der Waals surface area contributed by atoms with Gasteiger partial charge in [-0.15, -0.1) is 0 Å². The van der Waals surface area contributed by atoms with Crippen molar-refractivity contribution in [3.8, 4) is 5.75 Å². The summed E-state index contributed by atoms with van der Waals surface area (Å²) in [6, 6.07) is 6.14. The normalized spacial score (nSPS) is 25.5. The molecule has 2 fully saturated rings. The summed E-state index contributed by atoms with van der Waals surface area (Å²) in [4.78, 5) is 23.9. The number of carbonyl (C=O) groups excluding carboxylic acids is 1. The van der Waals surface area contributed by atoms with Crippen LogP contribution in [0.3, 0.4) is 0 Å². The smallest absolute Gasteiger partial charge is 0.534 e. The number of rotatable bonds is 9. The molecular weight excluding hydrogens is 397 g/mol. The Morgan fingerprint density at radius 3 is 2.29 bits per heavy atom. The van der Waals surface area contributed by atoms with Gasteiger partial charge in [0.05, 0.1) is 11.5 Å². The number of benzene rings is 1. The lowest BCUT2D eigenvalue weighted by molar-refractivity contribution is -0.122. The summed E-state index contributed by atoms with van der Waals surface area (Å²) < 4.78 is 5.45. The molecule has 0 aromatic heterocycles. The van der Waals surface area contributed by atoms with E-state index in [9.17, 15) is 19.7 Å². The molecule has 1 amide bonds. The fourth-order valence-electron chi connectivity index (χ4n) is 4.65. The third kappa shape index (κ3) is 5.99. The molecule has 31 heavy (non-hydrogen) atoms. The monoisotopic (exact) mass is 429 g/mol. The summed E-state index contributed by atoms with van der Waals surface area (Å²) in [5.74, 6) is -1.23. The maximum Gasteiger partial charge on any atom is 0.547 e. The fraction of sp³-hybridized carbons (Fsp3) is 0.636. The lowest BCUT2D eigenvalue weighted by Crippen LogP contribution is -2.53. The highest BCUT2D eigenvalue weighted by atomic mass is 16.5. The van der Waals surface area contributed by atoms with E-state index in [2.05, 4.69) is 16.0 Å². The first-order valence-corrected chi connectivity index (χ1v) is 11.5. The van der Waals surface area contributed by atoms with Gasteiger partial charge < -0.3 is 30.7 Å². The van der Waals surface area contributed by atoms with Gasteiger partial charge in [0, 0.05) is 31.6 Å². The number of hydrogen-bond acceptors (Lipinski definition) is 6. The van der Waals surface area contributed by atoms with Crippen LogP contribution in [0.2, 0.25) is 0 Å². The number of aromatic carboxylic acids is 1. The molecule has 9 heteroatoms. The van der Waals surface area contributed by atoms with Crippen molar-refractivity contribution >= 4 is 19.0 Å². The van der Waals surface area contributed by atoms with E-state index in [1.807, 2.05) is 0 Å². The Labute approximate surface area is 183 Å². The molecule has 0 saturated heterocycles. The summed E-state index contributed by atoms with van der Waals surface area (Å²) in [7, 11) is -1.26. The summed E-state index contributed by atoms with van der Waals surface area (Å²) in [5, 5.41) is 29.6. The number of carboxylic acid groups (broad SMARTS) is 1. The van der Waals surface area contributed by atoms with Crippen LogP contribution in [0.5, 0.6) is 5.75 Å². The Morgan fingerprint density at radius 2 is 1.68 bits per heavy atom. The van der Waals surface area contributed by atoms with Crippen molar-refractivity contribution in [2.75, 3.05) is 13.1 Å². The van der Waals surface area contributed by atoms with Gasteiger partial charge in [-0.25, -0.2) is 4.79 Å². The molecule has 0 bridgehead atoms. The van der Waals surface area contributed by atoms with Crippen molar-refractivity contribution in [3.05, 3.63) is 29.3 Å². The minimum Gasteiger partial charge on any atom is -0.534 e. The van der Waals surface area contributed by atoms with Crippen molar-refractivity contribution in [1.82, 2.24) is 16.0 Å². The maximum atomic E-state index is 12.6. The molecule has 5 N–H and O–H groups in total. The first-order chi connectivity index (χ1) is 15.0. The first kappa shape index (κ1) is 22.1. The Kier molecular flexibility index (Phi) is 7.15. The molecular formula is C22H32BN3O5. The number of carbonyl (C=O) groups is 2. The number of para-hydroxylation sites is 1. The zero-order valence-electron chi connectivity index (χ0n) is 17.8. The van der Waals surface area contributed by atoms with Crippen molar-refractivity contribution in [1.29, 1.82) is 0 Å². The van der Waals surface area contributed by atoms with Crippen LogP contribution in [0.4, 0.5) is 0 Å². The van der Waals surface area contributed by atoms with Crippen LogP contribution in [-0.4, -0.2) is 60.2 Å². The second kappa shape index (κ2) is 10.0.